The van der Waals surface area contributed by atoms with Gasteiger partial charge in [0.1, 0.15) is 5.75 Å². The van der Waals surface area contributed by atoms with E-state index in [0.29, 0.717) is 19.6 Å². The maximum Gasteiger partial charge on any atom is 0.308 e. The zero-order chi connectivity index (χ0) is 15.9. The zero-order valence-corrected chi connectivity index (χ0v) is 12.7. The van der Waals surface area contributed by atoms with Gasteiger partial charge in [0.25, 0.3) is 0 Å². The third kappa shape index (κ3) is 4.10. The lowest BCUT2D eigenvalue weighted by molar-refractivity contribution is -0.144. The number of nitrogens with zero attached hydrogens (tertiary/aromatic N) is 1. The molecule has 0 aliphatic carbocycles. The van der Waals surface area contributed by atoms with E-state index < -0.39 is 11.9 Å². The Hall–Kier alpha value is -2.30. The molecule has 1 aromatic rings. The van der Waals surface area contributed by atoms with Gasteiger partial charge in [-0.2, -0.15) is 0 Å². The van der Waals surface area contributed by atoms with Gasteiger partial charge in [0.2, 0.25) is 5.91 Å². The molecule has 1 amide bonds. The molecule has 0 spiro atoms. The molecule has 1 atom stereocenters. The Morgan fingerprint density at radius 1 is 1.41 bits per heavy atom. The maximum atomic E-state index is 12.2. The summed E-state index contributed by atoms with van der Waals surface area (Å²) in [6.45, 7) is 3.36. The number of carbonyl (C=O) groups excluding carboxylic acids is 1. The number of carboxylic acids is 1. The highest BCUT2D eigenvalue weighted by atomic mass is 16.5. The molecule has 1 aliphatic heterocycles. The molecule has 5 heteroatoms. The van der Waals surface area contributed by atoms with Gasteiger partial charge in [0, 0.05) is 24.7 Å². The summed E-state index contributed by atoms with van der Waals surface area (Å²) in [5, 5.41) is 9.07. The first-order valence-corrected chi connectivity index (χ1v) is 7.53. The lowest BCUT2D eigenvalue weighted by Gasteiger charge is -2.29. The van der Waals surface area contributed by atoms with Crippen LogP contribution in [-0.2, 0) is 9.59 Å². The maximum absolute atomic E-state index is 12.2. The number of hydrogen-bond donors (Lipinski definition) is 1. The number of carbonyl (C=O) groups is 2. The predicted molar refractivity (Wildman–Crippen MR) is 83.6 cm³/mol. The van der Waals surface area contributed by atoms with Crippen LogP contribution in [0.4, 0.5) is 0 Å². The molecule has 1 N–H and O–H groups in total. The van der Waals surface area contributed by atoms with E-state index in [1.165, 1.54) is 6.08 Å². The number of para-hydroxylation sites is 1. The number of piperidine rings is 1. The third-order valence-corrected chi connectivity index (χ3v) is 3.71. The van der Waals surface area contributed by atoms with Gasteiger partial charge in [-0.15, -0.1) is 0 Å². The Labute approximate surface area is 130 Å². The molecule has 0 aromatic heterocycles. The average molecular weight is 303 g/mol. The number of carboxylic acid groups (broad SMARTS) is 1. The van der Waals surface area contributed by atoms with Crippen molar-refractivity contribution in [3.63, 3.8) is 0 Å². The molecule has 1 heterocycles. The molecule has 0 unspecified atom stereocenters. The summed E-state index contributed by atoms with van der Waals surface area (Å²) >= 11 is 0. The molecule has 1 aliphatic rings. The van der Waals surface area contributed by atoms with E-state index in [2.05, 4.69) is 0 Å². The summed E-state index contributed by atoms with van der Waals surface area (Å²) in [5.41, 5.74) is 0.837. The fourth-order valence-electron chi connectivity index (χ4n) is 2.55. The lowest BCUT2D eigenvalue weighted by Crippen LogP contribution is -2.41. The molecule has 0 saturated carbocycles. The summed E-state index contributed by atoms with van der Waals surface area (Å²) in [5.74, 6) is -0.710. The predicted octanol–water partition coefficient (Wildman–Crippen LogP) is 2.42. The molecule has 5 nitrogen and oxygen atoms in total. The number of rotatable bonds is 5. The van der Waals surface area contributed by atoms with Crippen LogP contribution in [-0.4, -0.2) is 41.6 Å². The van der Waals surface area contributed by atoms with E-state index in [9.17, 15) is 9.59 Å². The number of likely N-dealkylation sites (tertiary alicyclic amines) is 1. The van der Waals surface area contributed by atoms with Gasteiger partial charge in [-0.3, -0.25) is 9.59 Å². The van der Waals surface area contributed by atoms with Crippen LogP contribution in [0.1, 0.15) is 25.3 Å². The molecule has 0 radical (unpaired) electrons. The van der Waals surface area contributed by atoms with Crippen molar-refractivity contribution in [2.45, 2.75) is 19.8 Å². The first-order chi connectivity index (χ1) is 10.6. The number of ether oxygens (including phenoxy) is 1. The Bertz CT molecular complexity index is 568. The van der Waals surface area contributed by atoms with E-state index in [-0.39, 0.29) is 12.5 Å². The quantitative estimate of drug-likeness (QED) is 0.848. The minimum Gasteiger partial charge on any atom is -0.493 e. The van der Waals surface area contributed by atoms with Crippen LogP contribution in [0.25, 0.3) is 6.08 Å². The van der Waals surface area contributed by atoms with E-state index >= 15 is 0 Å². The van der Waals surface area contributed by atoms with E-state index in [1.54, 1.807) is 11.0 Å². The number of amides is 1. The van der Waals surface area contributed by atoms with Crippen molar-refractivity contribution in [3.8, 4) is 5.75 Å². The Morgan fingerprint density at radius 2 is 2.18 bits per heavy atom. The van der Waals surface area contributed by atoms with Crippen LogP contribution in [0.5, 0.6) is 5.75 Å². The monoisotopic (exact) mass is 303 g/mol. The van der Waals surface area contributed by atoms with Crippen molar-refractivity contribution in [2.24, 2.45) is 5.92 Å². The molecule has 1 saturated heterocycles. The van der Waals surface area contributed by atoms with Crippen LogP contribution in [0.2, 0.25) is 0 Å². The Morgan fingerprint density at radius 3 is 2.91 bits per heavy atom. The fourth-order valence-corrected chi connectivity index (χ4v) is 2.55. The second-order valence-corrected chi connectivity index (χ2v) is 5.27. The molecule has 1 aromatic carbocycles. The van der Waals surface area contributed by atoms with Crippen molar-refractivity contribution in [1.82, 2.24) is 4.90 Å². The number of aliphatic carboxylic acids is 1. The first kappa shape index (κ1) is 16.1. The second-order valence-electron chi connectivity index (χ2n) is 5.27. The van der Waals surface area contributed by atoms with Crippen LogP contribution < -0.4 is 4.74 Å². The van der Waals surface area contributed by atoms with Crippen LogP contribution in [0, 0.1) is 5.92 Å². The van der Waals surface area contributed by atoms with E-state index in [0.717, 1.165) is 17.7 Å². The summed E-state index contributed by atoms with van der Waals surface area (Å²) < 4.78 is 5.51. The largest absolute Gasteiger partial charge is 0.493 e. The fraction of sp³-hybridized carbons (Fsp3) is 0.412. The highest BCUT2D eigenvalue weighted by Crippen LogP contribution is 2.20. The molecule has 0 bridgehead atoms. The van der Waals surface area contributed by atoms with Gasteiger partial charge in [-0.1, -0.05) is 18.2 Å². The van der Waals surface area contributed by atoms with Crippen LogP contribution in [0.15, 0.2) is 30.3 Å². The molecule has 118 valence electrons. The molecular weight excluding hydrogens is 282 g/mol. The molecule has 2 rings (SSSR count). The zero-order valence-electron chi connectivity index (χ0n) is 12.7. The average Bonchev–Trinajstić information content (AvgIpc) is 2.54. The second kappa shape index (κ2) is 7.64. The third-order valence-electron chi connectivity index (χ3n) is 3.71. The van der Waals surface area contributed by atoms with E-state index in [1.807, 2.05) is 31.2 Å². The van der Waals surface area contributed by atoms with Crippen LogP contribution in [0.3, 0.4) is 0 Å². The van der Waals surface area contributed by atoms with Crippen molar-refractivity contribution in [3.05, 3.63) is 35.9 Å². The smallest absolute Gasteiger partial charge is 0.308 e. The van der Waals surface area contributed by atoms with Gasteiger partial charge in [-0.25, -0.2) is 0 Å². The van der Waals surface area contributed by atoms with Crippen molar-refractivity contribution in [1.29, 1.82) is 0 Å². The van der Waals surface area contributed by atoms with Gasteiger partial charge < -0.3 is 14.7 Å². The van der Waals surface area contributed by atoms with E-state index in [4.69, 9.17) is 9.84 Å². The minimum absolute atomic E-state index is 0.155. The first-order valence-electron chi connectivity index (χ1n) is 7.53. The van der Waals surface area contributed by atoms with Crippen molar-refractivity contribution < 1.29 is 19.4 Å². The summed E-state index contributed by atoms with van der Waals surface area (Å²) in [4.78, 5) is 24.9. The van der Waals surface area contributed by atoms with Gasteiger partial charge in [0.15, 0.2) is 0 Å². The van der Waals surface area contributed by atoms with Gasteiger partial charge in [-0.05, 0) is 31.9 Å². The van der Waals surface area contributed by atoms with Crippen molar-refractivity contribution in [2.75, 3.05) is 19.7 Å². The summed E-state index contributed by atoms with van der Waals surface area (Å²) in [6, 6.07) is 7.50. The summed E-state index contributed by atoms with van der Waals surface area (Å²) in [7, 11) is 0. The Kier molecular flexibility index (Phi) is 5.58. The Balaban J connectivity index is 2.03. The summed E-state index contributed by atoms with van der Waals surface area (Å²) in [6.07, 6.45) is 4.57. The van der Waals surface area contributed by atoms with Crippen molar-refractivity contribution >= 4 is 18.0 Å². The lowest BCUT2D eigenvalue weighted by atomic mass is 9.98. The standard InChI is InChI=1S/C17H21NO4/c1-2-22-15-8-4-3-6-13(15)9-10-16(19)18-11-5-7-14(12-18)17(20)21/h3-4,6,8-10,14H,2,5,7,11-12H2,1H3,(H,20,21)/b10-9-/t14-/m0/s1. The minimum atomic E-state index is -0.830. The highest BCUT2D eigenvalue weighted by Gasteiger charge is 2.27. The number of hydrogen-bond acceptors (Lipinski definition) is 3. The van der Waals surface area contributed by atoms with Gasteiger partial charge in [0.05, 0.1) is 12.5 Å². The normalized spacial score (nSPS) is 18.4. The van der Waals surface area contributed by atoms with Crippen LogP contribution >= 0.6 is 0 Å². The molecular formula is C17H21NO4. The number of benzene rings is 1. The molecule has 1 fully saturated rings. The highest BCUT2D eigenvalue weighted by molar-refractivity contribution is 5.92. The SMILES string of the molecule is CCOc1ccccc1/C=C\C(=O)N1CCC[C@H](C(=O)O)C1. The van der Waals surface area contributed by atoms with Gasteiger partial charge >= 0.3 is 5.97 Å². The topological polar surface area (TPSA) is 66.8 Å². The molecule has 22 heavy (non-hydrogen) atoms.